The van der Waals surface area contributed by atoms with Crippen LogP contribution >= 0.6 is 0 Å². The lowest BCUT2D eigenvalue weighted by molar-refractivity contribution is 0.0639. The Morgan fingerprint density at radius 3 is 2.64 bits per heavy atom. The molecule has 0 N–H and O–H groups in total. The van der Waals surface area contributed by atoms with Crippen molar-refractivity contribution in [3.05, 3.63) is 23.2 Å². The van der Waals surface area contributed by atoms with Gasteiger partial charge in [0.25, 0.3) is 11.8 Å². The molecule has 0 spiro atoms. The van der Waals surface area contributed by atoms with Crippen molar-refractivity contribution < 1.29 is 14.0 Å². The second-order valence-electron chi connectivity index (χ2n) is 3.79. The van der Waals surface area contributed by atoms with Crippen LogP contribution in [0.1, 0.15) is 39.3 Å². The zero-order valence-electron chi connectivity index (χ0n) is 7.74. The smallest absolute Gasteiger partial charge is 0.265 e. The Hall–Kier alpha value is -1.58. The summed E-state index contributed by atoms with van der Waals surface area (Å²) in [7, 11) is 0. The van der Waals surface area contributed by atoms with E-state index in [0.29, 0.717) is 16.9 Å². The number of fused-ring (bicyclic) bond motifs is 1. The molecular weight excluding hydrogens is 182 g/mol. The highest BCUT2D eigenvalue weighted by atomic mass is 16.3. The van der Waals surface area contributed by atoms with Crippen molar-refractivity contribution in [3.8, 4) is 0 Å². The van der Waals surface area contributed by atoms with E-state index in [1.54, 1.807) is 6.92 Å². The molecule has 14 heavy (non-hydrogen) atoms. The number of carbonyl (C=O) groups is 2. The second kappa shape index (κ2) is 2.26. The van der Waals surface area contributed by atoms with Gasteiger partial charge in [0.2, 0.25) is 0 Å². The Morgan fingerprint density at radius 1 is 1.36 bits per heavy atom. The maximum atomic E-state index is 11.8. The van der Waals surface area contributed by atoms with Gasteiger partial charge in [0.05, 0.1) is 11.1 Å². The molecule has 2 heterocycles. The average Bonchev–Trinajstić information content (AvgIpc) is 2.84. The number of rotatable bonds is 1. The molecule has 1 aromatic rings. The Labute approximate surface area is 80.5 Å². The van der Waals surface area contributed by atoms with E-state index in [9.17, 15) is 9.59 Å². The van der Waals surface area contributed by atoms with Gasteiger partial charge in [-0.2, -0.15) is 0 Å². The van der Waals surface area contributed by atoms with Crippen LogP contribution in [0.4, 0.5) is 0 Å². The summed E-state index contributed by atoms with van der Waals surface area (Å²) in [6.45, 7) is 1.71. The molecule has 1 aliphatic heterocycles. The fourth-order valence-electron chi connectivity index (χ4n) is 1.88. The third kappa shape index (κ3) is 0.780. The van der Waals surface area contributed by atoms with Gasteiger partial charge in [0.15, 0.2) is 0 Å². The molecule has 2 amide bonds. The zero-order chi connectivity index (χ0) is 9.87. The maximum absolute atomic E-state index is 11.8. The van der Waals surface area contributed by atoms with Crippen LogP contribution in [0.15, 0.2) is 10.7 Å². The number of amides is 2. The molecule has 0 bridgehead atoms. The molecule has 1 saturated carbocycles. The third-order valence-corrected chi connectivity index (χ3v) is 2.77. The van der Waals surface area contributed by atoms with Gasteiger partial charge in [-0.3, -0.25) is 14.5 Å². The van der Waals surface area contributed by atoms with E-state index in [1.165, 1.54) is 11.2 Å². The van der Waals surface area contributed by atoms with Crippen molar-refractivity contribution in [3.63, 3.8) is 0 Å². The van der Waals surface area contributed by atoms with Crippen molar-refractivity contribution in [1.82, 2.24) is 4.90 Å². The van der Waals surface area contributed by atoms with Crippen molar-refractivity contribution in [2.75, 3.05) is 0 Å². The Balaban J connectivity index is 2.13. The Morgan fingerprint density at radius 2 is 2.07 bits per heavy atom. The third-order valence-electron chi connectivity index (χ3n) is 2.77. The summed E-state index contributed by atoms with van der Waals surface area (Å²) in [5.74, 6) is 0.171. The topological polar surface area (TPSA) is 50.5 Å². The largest absolute Gasteiger partial charge is 0.468 e. The van der Waals surface area contributed by atoms with Crippen LogP contribution in [0, 0.1) is 6.92 Å². The first-order valence-corrected chi connectivity index (χ1v) is 4.66. The van der Waals surface area contributed by atoms with Crippen molar-refractivity contribution in [2.24, 2.45) is 0 Å². The first-order chi connectivity index (χ1) is 6.70. The van der Waals surface area contributed by atoms with Crippen LogP contribution in [0.3, 0.4) is 0 Å². The monoisotopic (exact) mass is 191 g/mol. The minimum atomic E-state index is -0.190. The molecule has 0 saturated heterocycles. The molecule has 72 valence electrons. The fraction of sp³-hybridized carbons (Fsp3) is 0.400. The Bertz CT molecular complexity index is 442. The van der Waals surface area contributed by atoms with E-state index in [-0.39, 0.29) is 17.9 Å². The van der Waals surface area contributed by atoms with Crippen LogP contribution in [-0.4, -0.2) is 22.8 Å². The minimum absolute atomic E-state index is 0.141. The van der Waals surface area contributed by atoms with Crippen LogP contribution < -0.4 is 0 Å². The van der Waals surface area contributed by atoms with Crippen LogP contribution in [-0.2, 0) is 0 Å². The van der Waals surface area contributed by atoms with Gasteiger partial charge in [0, 0.05) is 6.04 Å². The van der Waals surface area contributed by atoms with Crippen LogP contribution in [0.2, 0.25) is 0 Å². The molecule has 2 aliphatic rings. The molecule has 0 unspecified atom stereocenters. The van der Waals surface area contributed by atoms with Crippen LogP contribution in [0.25, 0.3) is 0 Å². The highest BCUT2D eigenvalue weighted by molar-refractivity contribution is 6.22. The maximum Gasteiger partial charge on any atom is 0.265 e. The molecular formula is C10H9NO3. The molecule has 0 radical (unpaired) electrons. The molecule has 3 rings (SSSR count). The molecule has 4 heteroatoms. The number of hydrogen-bond acceptors (Lipinski definition) is 3. The second-order valence-corrected chi connectivity index (χ2v) is 3.79. The summed E-state index contributed by atoms with van der Waals surface area (Å²) in [5.41, 5.74) is 0.890. The molecule has 1 aliphatic carbocycles. The van der Waals surface area contributed by atoms with E-state index in [0.717, 1.165) is 12.8 Å². The van der Waals surface area contributed by atoms with Gasteiger partial charge in [-0.05, 0) is 19.8 Å². The van der Waals surface area contributed by atoms with E-state index in [2.05, 4.69) is 0 Å². The molecule has 1 fully saturated rings. The van der Waals surface area contributed by atoms with E-state index in [4.69, 9.17) is 4.42 Å². The van der Waals surface area contributed by atoms with E-state index >= 15 is 0 Å². The number of nitrogens with zero attached hydrogens (tertiary/aromatic N) is 1. The summed E-state index contributed by atoms with van der Waals surface area (Å²) in [6.07, 6.45) is 3.27. The van der Waals surface area contributed by atoms with Crippen molar-refractivity contribution >= 4 is 11.8 Å². The fourth-order valence-corrected chi connectivity index (χ4v) is 1.88. The molecule has 1 aromatic heterocycles. The minimum Gasteiger partial charge on any atom is -0.468 e. The van der Waals surface area contributed by atoms with Gasteiger partial charge in [-0.15, -0.1) is 0 Å². The summed E-state index contributed by atoms with van der Waals surface area (Å²) >= 11 is 0. The highest BCUT2D eigenvalue weighted by Gasteiger charge is 2.46. The highest BCUT2D eigenvalue weighted by Crippen LogP contribution is 2.36. The lowest BCUT2D eigenvalue weighted by Crippen LogP contribution is -2.32. The van der Waals surface area contributed by atoms with Gasteiger partial charge < -0.3 is 4.42 Å². The predicted octanol–water partition coefficient (Wildman–Crippen LogP) is 1.35. The number of furan rings is 1. The lowest BCUT2D eigenvalue weighted by atomic mass is 10.2. The average molecular weight is 191 g/mol. The summed E-state index contributed by atoms with van der Waals surface area (Å²) < 4.78 is 5.06. The van der Waals surface area contributed by atoms with Gasteiger partial charge in [-0.25, -0.2) is 0 Å². The first-order valence-electron chi connectivity index (χ1n) is 4.66. The summed E-state index contributed by atoms with van der Waals surface area (Å²) in [5, 5.41) is 0. The summed E-state index contributed by atoms with van der Waals surface area (Å²) in [6, 6.07) is 0.141. The quantitative estimate of drug-likeness (QED) is 0.629. The van der Waals surface area contributed by atoms with Gasteiger partial charge in [-0.1, -0.05) is 0 Å². The lowest BCUT2D eigenvalue weighted by Gasteiger charge is -2.11. The molecule has 4 nitrogen and oxygen atoms in total. The van der Waals surface area contributed by atoms with Gasteiger partial charge in [0.1, 0.15) is 12.0 Å². The number of aryl methyl sites for hydroxylation is 1. The van der Waals surface area contributed by atoms with Crippen molar-refractivity contribution in [2.45, 2.75) is 25.8 Å². The van der Waals surface area contributed by atoms with Crippen molar-refractivity contribution in [1.29, 1.82) is 0 Å². The predicted molar refractivity (Wildman–Crippen MR) is 47.0 cm³/mol. The van der Waals surface area contributed by atoms with E-state index in [1.807, 2.05) is 0 Å². The number of carbonyl (C=O) groups excluding carboxylic acids is 2. The van der Waals surface area contributed by atoms with E-state index < -0.39 is 0 Å². The van der Waals surface area contributed by atoms with Gasteiger partial charge >= 0.3 is 0 Å². The SMILES string of the molecule is Cc1occ2c1C(=O)N(C1CC1)C2=O. The molecule has 0 aromatic carbocycles. The standard InChI is InChI=1S/C10H9NO3/c1-5-8-7(4-14-5)9(12)11(10(8)13)6-2-3-6/h4,6H,2-3H2,1H3. The van der Waals surface area contributed by atoms with Crippen LogP contribution in [0.5, 0.6) is 0 Å². The zero-order valence-corrected chi connectivity index (χ0v) is 7.74. The summed E-state index contributed by atoms with van der Waals surface area (Å²) in [4.78, 5) is 24.9. The first kappa shape index (κ1) is 7.79. The Kier molecular flexibility index (Phi) is 1.26. The normalized spacial score (nSPS) is 20.5. The molecule has 0 atom stereocenters. The number of imide groups is 1. The number of hydrogen-bond donors (Lipinski definition) is 0.